The van der Waals surface area contributed by atoms with Gasteiger partial charge in [0, 0.05) is 3.57 Å². The summed E-state index contributed by atoms with van der Waals surface area (Å²) in [6.45, 7) is 1.64. The van der Waals surface area contributed by atoms with Crippen molar-refractivity contribution in [1.82, 2.24) is 0 Å². The van der Waals surface area contributed by atoms with Crippen LogP contribution in [0.2, 0.25) is 5.02 Å². The molecule has 0 fully saturated rings. The van der Waals surface area contributed by atoms with E-state index in [-0.39, 0.29) is 5.78 Å². The minimum atomic E-state index is -0.534. The molecular weight excluding hydrogens is 322 g/mol. The van der Waals surface area contributed by atoms with Crippen molar-refractivity contribution in [2.75, 3.05) is 0 Å². The predicted octanol–water partition coefficient (Wildman–Crippen LogP) is 3.75. The number of hydrogen-bond acceptors (Lipinski definition) is 1. The Morgan fingerprint density at radius 2 is 2.15 bits per heavy atom. The Morgan fingerprint density at radius 1 is 1.54 bits per heavy atom. The van der Waals surface area contributed by atoms with Crippen molar-refractivity contribution in [3.8, 4) is 0 Å². The molecular formula is C9H7Cl2IO. The van der Waals surface area contributed by atoms with E-state index >= 15 is 0 Å². The van der Waals surface area contributed by atoms with Gasteiger partial charge in [-0.1, -0.05) is 17.7 Å². The molecule has 0 bridgehead atoms. The first-order valence-electron chi connectivity index (χ1n) is 3.66. The van der Waals surface area contributed by atoms with E-state index in [0.717, 1.165) is 3.57 Å². The Morgan fingerprint density at radius 3 is 2.62 bits per heavy atom. The predicted molar refractivity (Wildman–Crippen MR) is 63.8 cm³/mol. The first-order valence-corrected chi connectivity index (χ1v) is 5.55. The Hall–Kier alpha value is 0.200. The average Bonchev–Trinajstić information content (AvgIpc) is 2.03. The van der Waals surface area contributed by atoms with Gasteiger partial charge in [0.15, 0.2) is 5.78 Å². The third-order valence-corrected chi connectivity index (χ3v) is 2.98. The van der Waals surface area contributed by atoms with Crippen LogP contribution in [0.3, 0.4) is 0 Å². The minimum absolute atomic E-state index is 0.128. The number of Topliss-reactive ketones (excluding diaryl/α,β-unsaturated/α-hetero) is 1. The van der Waals surface area contributed by atoms with Gasteiger partial charge >= 0.3 is 0 Å². The van der Waals surface area contributed by atoms with Gasteiger partial charge in [-0.3, -0.25) is 4.79 Å². The van der Waals surface area contributed by atoms with Crippen LogP contribution in [0, 0.1) is 3.57 Å². The van der Waals surface area contributed by atoms with Crippen molar-refractivity contribution in [3.05, 3.63) is 32.4 Å². The molecule has 70 valence electrons. The van der Waals surface area contributed by atoms with Crippen molar-refractivity contribution in [2.24, 2.45) is 0 Å². The second-order valence-corrected chi connectivity index (χ2v) is 4.80. The molecule has 1 aromatic carbocycles. The molecule has 0 aliphatic heterocycles. The summed E-state index contributed by atoms with van der Waals surface area (Å²) < 4.78 is 0.836. The van der Waals surface area contributed by atoms with Crippen LogP contribution in [0.15, 0.2) is 18.2 Å². The number of halogens is 3. The zero-order chi connectivity index (χ0) is 10.0. The summed E-state index contributed by atoms with van der Waals surface area (Å²) in [4.78, 5) is 11.6. The maximum Gasteiger partial charge on any atom is 0.182 e. The van der Waals surface area contributed by atoms with Gasteiger partial charge in [-0.15, -0.1) is 11.6 Å². The molecule has 1 unspecified atom stereocenters. The average molecular weight is 329 g/mol. The van der Waals surface area contributed by atoms with Crippen LogP contribution >= 0.6 is 45.8 Å². The van der Waals surface area contributed by atoms with Gasteiger partial charge in [0.2, 0.25) is 0 Å². The lowest BCUT2D eigenvalue weighted by molar-refractivity contribution is 0.0991. The van der Waals surface area contributed by atoms with Crippen LogP contribution < -0.4 is 0 Å². The molecule has 0 spiro atoms. The number of hydrogen-bond donors (Lipinski definition) is 0. The topological polar surface area (TPSA) is 17.1 Å². The zero-order valence-corrected chi connectivity index (χ0v) is 10.5. The Balaban J connectivity index is 3.20. The van der Waals surface area contributed by atoms with E-state index in [1.165, 1.54) is 0 Å². The molecule has 0 saturated heterocycles. The van der Waals surface area contributed by atoms with Crippen LogP contribution in [-0.4, -0.2) is 11.2 Å². The van der Waals surface area contributed by atoms with E-state index in [4.69, 9.17) is 23.2 Å². The van der Waals surface area contributed by atoms with Gasteiger partial charge in [-0.05, 0) is 41.6 Å². The standard InChI is InChI=1S/C9H7Cl2IO/c1-5(10)9(13)8-6(11)3-2-4-7(8)12/h2-5H,1H3. The summed E-state index contributed by atoms with van der Waals surface area (Å²) in [5.41, 5.74) is 0.521. The summed E-state index contributed by atoms with van der Waals surface area (Å²) in [6.07, 6.45) is 0. The molecule has 1 aromatic rings. The lowest BCUT2D eigenvalue weighted by Gasteiger charge is -2.06. The van der Waals surface area contributed by atoms with Gasteiger partial charge in [-0.25, -0.2) is 0 Å². The molecule has 0 aliphatic rings. The Kier molecular flexibility index (Phi) is 4.01. The zero-order valence-electron chi connectivity index (χ0n) is 6.85. The molecule has 0 N–H and O–H groups in total. The van der Waals surface area contributed by atoms with Crippen molar-refractivity contribution in [1.29, 1.82) is 0 Å². The van der Waals surface area contributed by atoms with Crippen molar-refractivity contribution in [3.63, 3.8) is 0 Å². The third kappa shape index (κ3) is 2.58. The monoisotopic (exact) mass is 328 g/mol. The molecule has 0 amide bonds. The molecule has 0 radical (unpaired) electrons. The molecule has 13 heavy (non-hydrogen) atoms. The van der Waals surface area contributed by atoms with E-state index in [1.54, 1.807) is 19.1 Å². The molecule has 0 heterocycles. The molecule has 0 aromatic heterocycles. The summed E-state index contributed by atoms with van der Waals surface area (Å²) in [6, 6.07) is 5.33. The third-order valence-electron chi connectivity index (χ3n) is 1.57. The highest BCUT2D eigenvalue weighted by Gasteiger charge is 2.18. The van der Waals surface area contributed by atoms with Crippen LogP contribution in [0.4, 0.5) is 0 Å². The molecule has 4 heteroatoms. The second-order valence-electron chi connectivity index (χ2n) is 2.58. The highest BCUT2D eigenvalue weighted by Crippen LogP contribution is 2.24. The van der Waals surface area contributed by atoms with Crippen LogP contribution in [0.1, 0.15) is 17.3 Å². The van der Waals surface area contributed by atoms with Gasteiger partial charge in [-0.2, -0.15) is 0 Å². The van der Waals surface area contributed by atoms with E-state index in [2.05, 4.69) is 22.6 Å². The first kappa shape index (κ1) is 11.3. The summed E-state index contributed by atoms with van der Waals surface area (Å²) in [5, 5.41) is -0.0715. The molecule has 0 saturated carbocycles. The largest absolute Gasteiger partial charge is 0.292 e. The van der Waals surface area contributed by atoms with Crippen molar-refractivity contribution in [2.45, 2.75) is 12.3 Å². The first-order chi connectivity index (χ1) is 6.04. The van der Waals surface area contributed by atoms with Gasteiger partial charge < -0.3 is 0 Å². The van der Waals surface area contributed by atoms with Crippen molar-refractivity contribution < 1.29 is 4.79 Å². The fraction of sp³-hybridized carbons (Fsp3) is 0.222. The van der Waals surface area contributed by atoms with E-state index < -0.39 is 5.38 Å². The van der Waals surface area contributed by atoms with Gasteiger partial charge in [0.05, 0.1) is 16.0 Å². The lowest BCUT2D eigenvalue weighted by atomic mass is 10.1. The van der Waals surface area contributed by atoms with Gasteiger partial charge in [0.25, 0.3) is 0 Å². The van der Waals surface area contributed by atoms with Gasteiger partial charge in [0.1, 0.15) is 0 Å². The molecule has 1 nitrogen and oxygen atoms in total. The lowest BCUT2D eigenvalue weighted by Crippen LogP contribution is -2.12. The second kappa shape index (κ2) is 4.62. The number of rotatable bonds is 2. The molecule has 1 atom stereocenters. The van der Waals surface area contributed by atoms with Crippen LogP contribution in [0.25, 0.3) is 0 Å². The summed E-state index contributed by atoms with van der Waals surface area (Å²) in [5.74, 6) is -0.128. The van der Waals surface area contributed by atoms with Crippen LogP contribution in [0.5, 0.6) is 0 Å². The Labute approximate surface area is 101 Å². The summed E-state index contributed by atoms with van der Waals surface area (Å²) >= 11 is 13.7. The van der Waals surface area contributed by atoms with E-state index in [9.17, 15) is 4.79 Å². The summed E-state index contributed by atoms with van der Waals surface area (Å²) in [7, 11) is 0. The SMILES string of the molecule is CC(Cl)C(=O)c1c(Cl)cccc1I. The molecule has 1 rings (SSSR count). The maximum atomic E-state index is 11.6. The highest BCUT2D eigenvalue weighted by atomic mass is 127. The van der Waals surface area contributed by atoms with E-state index in [1.807, 2.05) is 6.07 Å². The van der Waals surface area contributed by atoms with Crippen molar-refractivity contribution >= 4 is 51.6 Å². The van der Waals surface area contributed by atoms with E-state index in [0.29, 0.717) is 10.6 Å². The number of carbonyl (C=O) groups excluding carboxylic acids is 1. The number of benzene rings is 1. The fourth-order valence-electron chi connectivity index (χ4n) is 0.932. The molecule has 0 aliphatic carbocycles. The fourth-order valence-corrected chi connectivity index (χ4v) is 2.23. The minimum Gasteiger partial charge on any atom is -0.292 e. The number of carbonyl (C=O) groups is 1. The quantitative estimate of drug-likeness (QED) is 0.459. The number of ketones is 1. The maximum absolute atomic E-state index is 11.6. The number of alkyl halides is 1. The smallest absolute Gasteiger partial charge is 0.182 e. The normalized spacial score (nSPS) is 12.6. The Bertz CT molecular complexity index is 316. The highest BCUT2D eigenvalue weighted by molar-refractivity contribution is 14.1. The van der Waals surface area contributed by atoms with Crippen LogP contribution in [-0.2, 0) is 0 Å².